The molecule has 24 nitrogen and oxygen atoms in total. The summed E-state index contributed by atoms with van der Waals surface area (Å²) in [5.74, 6) is -10.5. The number of rotatable bonds is 31. The molecule has 66 heavy (non-hydrogen) atoms. The standard InChI is InChI=1S/C42H69N11O13/c1-6-23(4)34(42(66)51-30(20-54)35(45)59)53-41(65)31(21-55)52-36(60)24(5)47-39(63)27(16-22(2)3)50-40(64)29(18-33(57)58)48-32(56)19-46-38(62)28(17-25-12-8-7-9-13-25)49-37(61)26(44)14-10-11-15-43/h7-9,12-13,22-24,26-31,34,54-55H,6,10-11,14-21,43-44H2,1-5H3,(H2,45,59)(H,46,62)(H,47,63)(H,48,56)(H,49,61)(H,50,64)(H,51,66)(H,52,60)(H,53,65)(H,57,58)/t23-,24-,26-,27-,28-,29-,30-,31-,34-/m0/s1. The first kappa shape index (κ1) is 57.8. The number of carboxylic acids is 1. The number of amides is 9. The topological polar surface area (TPSA) is 406 Å². The Labute approximate surface area is 383 Å². The molecule has 0 spiro atoms. The molecule has 9 atom stereocenters. The van der Waals surface area contributed by atoms with E-state index in [1.165, 1.54) is 6.92 Å². The average molecular weight is 936 g/mol. The molecule has 1 aromatic rings. The van der Waals surface area contributed by atoms with E-state index >= 15 is 0 Å². The van der Waals surface area contributed by atoms with Gasteiger partial charge in [-0.1, -0.05) is 70.9 Å². The van der Waals surface area contributed by atoms with E-state index in [0.717, 1.165) is 0 Å². The molecule has 9 amide bonds. The maximum atomic E-state index is 13.5. The van der Waals surface area contributed by atoms with Crippen LogP contribution < -0.4 is 59.7 Å². The number of primary amides is 1. The molecular formula is C42H69N11O13. The van der Waals surface area contributed by atoms with Crippen LogP contribution in [0.15, 0.2) is 30.3 Å². The molecular weight excluding hydrogens is 867 g/mol. The maximum Gasteiger partial charge on any atom is 0.305 e. The van der Waals surface area contributed by atoms with Crippen molar-refractivity contribution < 1.29 is 63.3 Å². The van der Waals surface area contributed by atoms with Gasteiger partial charge in [-0.25, -0.2) is 0 Å². The highest BCUT2D eigenvalue weighted by molar-refractivity contribution is 5.98. The van der Waals surface area contributed by atoms with E-state index in [1.54, 1.807) is 58.0 Å². The summed E-state index contributed by atoms with van der Waals surface area (Å²) in [4.78, 5) is 129. The van der Waals surface area contributed by atoms with Crippen molar-refractivity contribution in [2.45, 2.75) is 128 Å². The van der Waals surface area contributed by atoms with Crippen LogP contribution in [0.25, 0.3) is 0 Å². The van der Waals surface area contributed by atoms with Crippen LogP contribution in [-0.4, -0.2) is 149 Å². The van der Waals surface area contributed by atoms with Gasteiger partial charge < -0.3 is 75.1 Å². The Hall–Kier alpha value is -6.24. The number of nitrogens with two attached hydrogens (primary N) is 3. The first-order chi connectivity index (χ1) is 31.1. The SMILES string of the molecule is CC[C@H](C)[C@H](NC(=O)[C@H](CO)NC(=O)[C@H](C)NC(=O)[C@H](CC(C)C)NC(=O)[C@H](CC(=O)O)NC(=O)CNC(=O)[C@H](Cc1ccccc1)NC(=O)[C@@H](N)CCCCN)C(=O)N[C@@H](CO)C(N)=O. The Bertz CT molecular complexity index is 1800. The fourth-order valence-electron chi connectivity index (χ4n) is 6.17. The summed E-state index contributed by atoms with van der Waals surface area (Å²) in [6, 6.07) is -2.33. The molecule has 1 rings (SSSR count). The largest absolute Gasteiger partial charge is 0.481 e. The number of carbonyl (C=O) groups excluding carboxylic acids is 9. The van der Waals surface area contributed by atoms with Gasteiger partial charge in [0.2, 0.25) is 53.2 Å². The summed E-state index contributed by atoms with van der Waals surface area (Å²) < 4.78 is 0. The number of hydrogen-bond donors (Lipinski definition) is 14. The Kier molecular flexibility index (Phi) is 26.3. The fourth-order valence-corrected chi connectivity index (χ4v) is 6.17. The van der Waals surface area contributed by atoms with Gasteiger partial charge in [-0.15, -0.1) is 0 Å². The summed E-state index contributed by atoms with van der Waals surface area (Å²) in [5.41, 5.74) is 17.4. The van der Waals surface area contributed by atoms with Gasteiger partial charge in [-0.2, -0.15) is 0 Å². The summed E-state index contributed by atoms with van der Waals surface area (Å²) in [6.45, 7) is 5.88. The van der Waals surface area contributed by atoms with Crippen molar-refractivity contribution in [2.75, 3.05) is 26.3 Å². The second-order valence-electron chi connectivity index (χ2n) is 16.3. The zero-order valence-electron chi connectivity index (χ0n) is 38.1. The lowest BCUT2D eigenvalue weighted by atomic mass is 9.97. The predicted molar refractivity (Wildman–Crippen MR) is 238 cm³/mol. The number of benzene rings is 1. The number of unbranched alkanes of at least 4 members (excludes halogenated alkanes) is 1. The molecule has 0 unspecified atom stereocenters. The molecule has 0 fully saturated rings. The molecule has 370 valence electrons. The number of carbonyl (C=O) groups is 10. The molecule has 1 aromatic carbocycles. The molecule has 0 radical (unpaired) electrons. The van der Waals surface area contributed by atoms with Gasteiger partial charge in [0.25, 0.3) is 0 Å². The van der Waals surface area contributed by atoms with E-state index in [2.05, 4.69) is 42.5 Å². The van der Waals surface area contributed by atoms with Crippen LogP contribution in [0.1, 0.15) is 78.7 Å². The van der Waals surface area contributed by atoms with E-state index < -0.39 is 140 Å². The van der Waals surface area contributed by atoms with Crippen molar-refractivity contribution in [2.24, 2.45) is 29.0 Å². The Balaban J connectivity index is 3.07. The zero-order valence-corrected chi connectivity index (χ0v) is 38.1. The summed E-state index contributed by atoms with van der Waals surface area (Å²) >= 11 is 0. The maximum absolute atomic E-state index is 13.5. The highest BCUT2D eigenvalue weighted by Gasteiger charge is 2.34. The number of aliphatic hydroxyl groups excluding tert-OH is 2. The Morgan fingerprint density at radius 3 is 1.74 bits per heavy atom. The minimum atomic E-state index is -1.75. The van der Waals surface area contributed by atoms with Crippen molar-refractivity contribution in [3.63, 3.8) is 0 Å². The van der Waals surface area contributed by atoms with Gasteiger partial charge >= 0.3 is 5.97 Å². The lowest BCUT2D eigenvalue weighted by Gasteiger charge is -2.28. The van der Waals surface area contributed by atoms with Crippen LogP contribution in [0.2, 0.25) is 0 Å². The minimum absolute atomic E-state index is 0.0310. The number of aliphatic carboxylic acids is 1. The molecule has 0 saturated carbocycles. The Morgan fingerprint density at radius 1 is 0.636 bits per heavy atom. The molecule has 17 N–H and O–H groups in total. The molecule has 0 bridgehead atoms. The molecule has 24 heteroatoms. The van der Waals surface area contributed by atoms with Crippen molar-refractivity contribution in [1.82, 2.24) is 42.5 Å². The van der Waals surface area contributed by atoms with Crippen molar-refractivity contribution in [1.29, 1.82) is 0 Å². The molecule has 0 saturated heterocycles. The van der Waals surface area contributed by atoms with Gasteiger partial charge in [0.1, 0.15) is 42.3 Å². The number of carboxylic acid groups (broad SMARTS) is 1. The van der Waals surface area contributed by atoms with Gasteiger partial charge in [0.15, 0.2) is 0 Å². The van der Waals surface area contributed by atoms with Crippen molar-refractivity contribution in [3.05, 3.63) is 35.9 Å². The quantitative estimate of drug-likeness (QED) is 0.0311. The highest BCUT2D eigenvalue weighted by atomic mass is 16.4. The third-order valence-electron chi connectivity index (χ3n) is 10.2. The van der Waals surface area contributed by atoms with Crippen molar-refractivity contribution in [3.8, 4) is 0 Å². The van der Waals surface area contributed by atoms with E-state index in [9.17, 15) is 63.3 Å². The van der Waals surface area contributed by atoms with Gasteiger partial charge in [-0.3, -0.25) is 47.9 Å². The van der Waals surface area contributed by atoms with Crippen LogP contribution in [0.4, 0.5) is 0 Å². The van der Waals surface area contributed by atoms with Gasteiger partial charge in [-0.05, 0) is 50.1 Å². The lowest BCUT2D eigenvalue weighted by Crippen LogP contribution is -2.61. The lowest BCUT2D eigenvalue weighted by molar-refractivity contribution is -0.141. The van der Waals surface area contributed by atoms with Crippen LogP contribution in [0.5, 0.6) is 0 Å². The van der Waals surface area contributed by atoms with Crippen LogP contribution >= 0.6 is 0 Å². The third kappa shape index (κ3) is 21.2. The smallest absolute Gasteiger partial charge is 0.305 e. The monoisotopic (exact) mass is 936 g/mol. The summed E-state index contributed by atoms with van der Waals surface area (Å²) in [7, 11) is 0. The Morgan fingerprint density at radius 2 is 1.20 bits per heavy atom. The summed E-state index contributed by atoms with van der Waals surface area (Å²) in [5, 5.41) is 47.9. The molecule has 0 aromatic heterocycles. The van der Waals surface area contributed by atoms with Crippen LogP contribution in [-0.2, 0) is 54.4 Å². The van der Waals surface area contributed by atoms with E-state index in [1.807, 2.05) is 0 Å². The number of hydrogen-bond acceptors (Lipinski definition) is 14. The van der Waals surface area contributed by atoms with E-state index in [0.29, 0.717) is 37.8 Å². The second kappa shape index (κ2) is 30.1. The number of aliphatic hydroxyl groups is 2. The first-order valence-electron chi connectivity index (χ1n) is 21.7. The zero-order chi connectivity index (χ0) is 50.1. The third-order valence-corrected chi connectivity index (χ3v) is 10.2. The molecule has 0 aliphatic heterocycles. The molecule has 0 aliphatic rings. The first-order valence-corrected chi connectivity index (χ1v) is 21.7. The van der Waals surface area contributed by atoms with Crippen LogP contribution in [0, 0.1) is 11.8 Å². The van der Waals surface area contributed by atoms with Gasteiger partial charge in [0.05, 0.1) is 32.2 Å². The second-order valence-corrected chi connectivity index (χ2v) is 16.3. The number of nitrogens with one attached hydrogen (secondary N) is 8. The summed E-state index contributed by atoms with van der Waals surface area (Å²) in [6.07, 6.45) is 0.966. The van der Waals surface area contributed by atoms with Crippen LogP contribution in [0.3, 0.4) is 0 Å². The van der Waals surface area contributed by atoms with Gasteiger partial charge in [0, 0.05) is 6.42 Å². The minimum Gasteiger partial charge on any atom is -0.481 e. The van der Waals surface area contributed by atoms with Crippen molar-refractivity contribution >= 4 is 59.1 Å². The highest BCUT2D eigenvalue weighted by Crippen LogP contribution is 2.11. The van der Waals surface area contributed by atoms with E-state index in [-0.39, 0.29) is 18.8 Å². The van der Waals surface area contributed by atoms with E-state index in [4.69, 9.17) is 17.2 Å². The fraction of sp³-hybridized carbons (Fsp3) is 0.619. The predicted octanol–water partition coefficient (Wildman–Crippen LogP) is -4.75. The average Bonchev–Trinajstić information content (AvgIpc) is 3.26. The molecule has 0 heterocycles. The molecule has 0 aliphatic carbocycles. The normalized spacial score (nSPS) is 15.1.